The molecule has 3 heteroatoms. The third-order valence-electron chi connectivity index (χ3n) is 1.82. The van der Waals surface area contributed by atoms with Crippen molar-refractivity contribution in [1.82, 2.24) is 0 Å². The molecule has 1 aliphatic rings. The molecule has 1 aromatic rings. The summed E-state index contributed by atoms with van der Waals surface area (Å²) in [4.78, 5) is 0. The molecule has 0 unspecified atom stereocenters. The Morgan fingerprint density at radius 2 is 2.40 bits per heavy atom. The second-order valence-electron chi connectivity index (χ2n) is 2.66. The number of hydrogen-bond donors (Lipinski definition) is 1. The lowest BCUT2D eigenvalue weighted by Crippen LogP contribution is -2.53. The van der Waals surface area contributed by atoms with Gasteiger partial charge in [-0.05, 0) is 22.4 Å². The lowest BCUT2D eigenvalue weighted by molar-refractivity contribution is -0.0567. The Balaban J connectivity index is 2.27. The van der Waals surface area contributed by atoms with Gasteiger partial charge >= 0.3 is 0 Å². The normalized spacial score (nSPS) is 22.1. The Labute approximate surface area is 63.6 Å². The number of thiophene rings is 1. The van der Waals surface area contributed by atoms with Gasteiger partial charge in [-0.15, -0.1) is 0 Å². The summed E-state index contributed by atoms with van der Waals surface area (Å²) in [6.07, 6.45) is 0. The molecule has 1 fully saturated rings. The molecular formula is C7H9NOS. The molecule has 0 radical (unpaired) electrons. The average Bonchev–Trinajstić information content (AvgIpc) is 2.33. The van der Waals surface area contributed by atoms with Gasteiger partial charge < -0.3 is 10.5 Å². The van der Waals surface area contributed by atoms with Gasteiger partial charge in [-0.25, -0.2) is 0 Å². The molecule has 54 valence electrons. The van der Waals surface area contributed by atoms with Crippen molar-refractivity contribution >= 4 is 11.3 Å². The molecule has 2 N–H and O–H groups in total. The van der Waals surface area contributed by atoms with Crippen molar-refractivity contribution in [1.29, 1.82) is 0 Å². The smallest absolute Gasteiger partial charge is 0.0891 e. The van der Waals surface area contributed by atoms with Gasteiger partial charge in [0.05, 0.1) is 18.8 Å². The van der Waals surface area contributed by atoms with Crippen LogP contribution in [0.5, 0.6) is 0 Å². The Hall–Kier alpha value is -0.380. The van der Waals surface area contributed by atoms with Crippen molar-refractivity contribution in [2.24, 2.45) is 5.73 Å². The molecule has 10 heavy (non-hydrogen) atoms. The molecule has 0 aliphatic carbocycles. The summed E-state index contributed by atoms with van der Waals surface area (Å²) >= 11 is 1.68. The van der Waals surface area contributed by atoms with E-state index >= 15 is 0 Å². The number of rotatable bonds is 1. The highest BCUT2D eigenvalue weighted by Crippen LogP contribution is 2.27. The van der Waals surface area contributed by atoms with Crippen molar-refractivity contribution in [3.8, 4) is 0 Å². The molecule has 1 aliphatic heterocycles. The van der Waals surface area contributed by atoms with Crippen LogP contribution in [0.3, 0.4) is 0 Å². The fourth-order valence-electron chi connectivity index (χ4n) is 1.04. The summed E-state index contributed by atoms with van der Waals surface area (Å²) < 4.78 is 5.04. The van der Waals surface area contributed by atoms with Crippen LogP contribution >= 0.6 is 11.3 Å². The molecule has 2 rings (SSSR count). The lowest BCUT2D eigenvalue weighted by atomic mass is 9.92. The first-order chi connectivity index (χ1) is 4.81. The van der Waals surface area contributed by atoms with E-state index in [1.165, 1.54) is 5.56 Å². The maximum absolute atomic E-state index is 5.95. The quantitative estimate of drug-likeness (QED) is 0.655. The van der Waals surface area contributed by atoms with E-state index < -0.39 is 0 Å². The van der Waals surface area contributed by atoms with E-state index in [9.17, 15) is 0 Å². The van der Waals surface area contributed by atoms with Crippen LogP contribution in [0.2, 0.25) is 0 Å². The van der Waals surface area contributed by atoms with Crippen LogP contribution < -0.4 is 5.73 Å². The summed E-state index contributed by atoms with van der Waals surface area (Å²) in [5.41, 5.74) is 7.00. The van der Waals surface area contributed by atoms with Crippen LogP contribution in [0, 0.1) is 0 Å². The summed E-state index contributed by atoms with van der Waals surface area (Å²) in [7, 11) is 0. The summed E-state index contributed by atoms with van der Waals surface area (Å²) in [6, 6.07) is 2.06. The zero-order valence-corrected chi connectivity index (χ0v) is 6.36. The monoisotopic (exact) mass is 155 g/mol. The Morgan fingerprint density at radius 3 is 2.80 bits per heavy atom. The van der Waals surface area contributed by atoms with E-state index in [2.05, 4.69) is 11.4 Å². The van der Waals surface area contributed by atoms with Gasteiger partial charge in [-0.2, -0.15) is 11.3 Å². The molecule has 0 saturated carbocycles. The second kappa shape index (κ2) is 2.05. The Morgan fingerprint density at radius 1 is 1.60 bits per heavy atom. The highest BCUT2D eigenvalue weighted by atomic mass is 32.1. The predicted molar refractivity (Wildman–Crippen MR) is 41.0 cm³/mol. The number of ether oxygens (including phenoxy) is 1. The van der Waals surface area contributed by atoms with Crippen molar-refractivity contribution in [2.45, 2.75) is 5.54 Å². The minimum absolute atomic E-state index is 0.167. The zero-order chi connectivity index (χ0) is 7.03. The van der Waals surface area contributed by atoms with E-state index in [1.54, 1.807) is 11.3 Å². The highest BCUT2D eigenvalue weighted by molar-refractivity contribution is 7.08. The standard InChI is InChI=1S/C7H9NOS/c8-7(4-9-5-7)6-1-2-10-3-6/h1-3H,4-5,8H2. The van der Waals surface area contributed by atoms with Crippen LogP contribution in [0.25, 0.3) is 0 Å². The number of hydrogen-bond acceptors (Lipinski definition) is 3. The summed E-state index contributed by atoms with van der Waals surface area (Å²) in [5, 5.41) is 4.13. The first kappa shape index (κ1) is 6.34. The van der Waals surface area contributed by atoms with Gasteiger partial charge in [-0.1, -0.05) is 0 Å². The Bertz CT molecular complexity index is 216. The minimum Gasteiger partial charge on any atom is -0.377 e. The van der Waals surface area contributed by atoms with Crippen LogP contribution in [0.4, 0.5) is 0 Å². The molecule has 2 nitrogen and oxygen atoms in total. The SMILES string of the molecule is NC1(c2ccsc2)COC1. The lowest BCUT2D eigenvalue weighted by Gasteiger charge is -2.37. The first-order valence-corrected chi connectivity index (χ1v) is 4.15. The fraction of sp³-hybridized carbons (Fsp3) is 0.429. The molecule has 0 aromatic carbocycles. The third-order valence-corrected chi connectivity index (χ3v) is 2.50. The van der Waals surface area contributed by atoms with Gasteiger partial charge in [0.1, 0.15) is 0 Å². The predicted octanol–water partition coefficient (Wildman–Crippen LogP) is 0.932. The molecule has 1 aromatic heterocycles. The van der Waals surface area contributed by atoms with Gasteiger partial charge in [0.2, 0.25) is 0 Å². The van der Waals surface area contributed by atoms with Crippen molar-refractivity contribution in [3.05, 3.63) is 22.4 Å². The molecule has 0 amide bonds. The average molecular weight is 155 g/mol. The minimum atomic E-state index is -0.167. The third kappa shape index (κ3) is 0.785. The maximum atomic E-state index is 5.95. The van der Waals surface area contributed by atoms with Gasteiger partial charge in [0.15, 0.2) is 0 Å². The second-order valence-corrected chi connectivity index (χ2v) is 3.44. The summed E-state index contributed by atoms with van der Waals surface area (Å²) in [6.45, 7) is 1.34. The first-order valence-electron chi connectivity index (χ1n) is 3.21. The van der Waals surface area contributed by atoms with E-state index in [-0.39, 0.29) is 5.54 Å². The van der Waals surface area contributed by atoms with Gasteiger partial charge in [0.25, 0.3) is 0 Å². The van der Waals surface area contributed by atoms with E-state index in [1.807, 2.05) is 5.38 Å². The van der Waals surface area contributed by atoms with Crippen LogP contribution in [-0.2, 0) is 10.3 Å². The van der Waals surface area contributed by atoms with Crippen LogP contribution in [0.15, 0.2) is 16.8 Å². The zero-order valence-electron chi connectivity index (χ0n) is 5.54. The topological polar surface area (TPSA) is 35.2 Å². The van der Waals surface area contributed by atoms with Crippen molar-refractivity contribution in [3.63, 3.8) is 0 Å². The van der Waals surface area contributed by atoms with Crippen molar-refractivity contribution in [2.75, 3.05) is 13.2 Å². The molecule has 0 atom stereocenters. The largest absolute Gasteiger partial charge is 0.377 e. The molecule has 1 saturated heterocycles. The summed E-state index contributed by atoms with van der Waals surface area (Å²) in [5.74, 6) is 0. The van der Waals surface area contributed by atoms with E-state index in [4.69, 9.17) is 10.5 Å². The maximum Gasteiger partial charge on any atom is 0.0891 e. The molecular weight excluding hydrogens is 146 g/mol. The van der Waals surface area contributed by atoms with Crippen LogP contribution in [0.1, 0.15) is 5.56 Å². The Kier molecular flexibility index (Phi) is 1.30. The van der Waals surface area contributed by atoms with E-state index in [0.717, 1.165) is 0 Å². The highest BCUT2D eigenvalue weighted by Gasteiger charge is 2.35. The molecule has 0 bridgehead atoms. The molecule has 2 heterocycles. The fourth-order valence-corrected chi connectivity index (χ4v) is 1.80. The van der Waals surface area contributed by atoms with E-state index in [0.29, 0.717) is 13.2 Å². The van der Waals surface area contributed by atoms with Crippen molar-refractivity contribution < 1.29 is 4.74 Å². The van der Waals surface area contributed by atoms with Crippen LogP contribution in [-0.4, -0.2) is 13.2 Å². The van der Waals surface area contributed by atoms with Gasteiger partial charge in [-0.3, -0.25) is 0 Å². The number of nitrogens with two attached hydrogens (primary N) is 1. The van der Waals surface area contributed by atoms with Gasteiger partial charge in [0, 0.05) is 0 Å². The molecule has 0 spiro atoms.